The summed E-state index contributed by atoms with van der Waals surface area (Å²) in [5.74, 6) is 0.832. The summed E-state index contributed by atoms with van der Waals surface area (Å²) >= 11 is 24.8. The number of hydrogen-bond donors (Lipinski definition) is 1. The summed E-state index contributed by atoms with van der Waals surface area (Å²) in [4.78, 5) is 12.5. The van der Waals surface area contributed by atoms with Gasteiger partial charge in [-0.15, -0.1) is 0 Å². The first-order chi connectivity index (χ1) is 17.3. The van der Waals surface area contributed by atoms with E-state index in [9.17, 15) is 4.79 Å². The zero-order valence-corrected chi connectivity index (χ0v) is 22.2. The molecule has 0 saturated carbocycles. The summed E-state index contributed by atoms with van der Waals surface area (Å²) < 4.78 is 16.9. The molecule has 0 aliphatic rings. The molecule has 0 aliphatic heterocycles. The molecular formula is C26H22Cl4N2O4. The minimum Gasteiger partial charge on any atom is -0.490 e. The van der Waals surface area contributed by atoms with Crippen molar-refractivity contribution in [1.29, 1.82) is 0 Å². The van der Waals surface area contributed by atoms with Gasteiger partial charge in [-0.25, -0.2) is 5.43 Å². The molecule has 0 spiro atoms. The summed E-state index contributed by atoms with van der Waals surface area (Å²) in [5, 5.41) is 5.54. The SMILES string of the molecule is C=CCOc1ccc(C(=O)N/N=C/c2cc(Cl)c(OCc3ccc(Cl)cc3Cl)c(Cl)c2)cc1OCC. The molecule has 10 heteroatoms. The van der Waals surface area contributed by atoms with Crippen molar-refractivity contribution in [3.05, 3.63) is 98.0 Å². The predicted molar refractivity (Wildman–Crippen MR) is 146 cm³/mol. The molecule has 188 valence electrons. The first-order valence-electron chi connectivity index (χ1n) is 10.7. The molecule has 0 atom stereocenters. The first-order valence-corrected chi connectivity index (χ1v) is 12.2. The van der Waals surface area contributed by atoms with Gasteiger partial charge in [-0.2, -0.15) is 5.10 Å². The summed E-state index contributed by atoms with van der Waals surface area (Å²) in [6, 6.07) is 13.2. The van der Waals surface area contributed by atoms with Gasteiger partial charge in [0.05, 0.1) is 22.9 Å². The number of nitrogens with zero attached hydrogens (tertiary/aromatic N) is 1. The predicted octanol–water partition coefficient (Wildman–Crippen LogP) is 7.61. The van der Waals surface area contributed by atoms with Crippen molar-refractivity contribution in [3.63, 3.8) is 0 Å². The van der Waals surface area contributed by atoms with Gasteiger partial charge in [-0.1, -0.05) is 65.1 Å². The molecule has 1 amide bonds. The summed E-state index contributed by atoms with van der Waals surface area (Å²) in [5.41, 5.74) is 4.11. The number of carbonyl (C=O) groups is 1. The van der Waals surface area contributed by atoms with E-state index in [0.29, 0.717) is 51.6 Å². The molecule has 36 heavy (non-hydrogen) atoms. The normalized spacial score (nSPS) is 10.8. The standard InChI is InChI=1S/C26H22Cl4N2O4/c1-3-9-35-23-8-6-17(12-24(23)34-4-2)26(33)32-31-14-16-10-21(29)25(22(30)11-16)36-15-18-5-7-19(27)13-20(18)28/h3,5-8,10-14H,1,4,9,15H2,2H3,(H,32,33)/b31-14+. The molecule has 0 fully saturated rings. The van der Waals surface area contributed by atoms with Crippen LogP contribution in [0.25, 0.3) is 0 Å². The Morgan fingerprint density at radius 2 is 1.69 bits per heavy atom. The number of amides is 1. The number of halogens is 4. The largest absolute Gasteiger partial charge is 0.490 e. The molecule has 0 saturated heterocycles. The van der Waals surface area contributed by atoms with Gasteiger partial charge in [0.1, 0.15) is 13.2 Å². The zero-order chi connectivity index (χ0) is 26.1. The highest BCUT2D eigenvalue weighted by Crippen LogP contribution is 2.35. The Morgan fingerprint density at radius 3 is 2.36 bits per heavy atom. The van der Waals surface area contributed by atoms with E-state index < -0.39 is 5.91 Å². The lowest BCUT2D eigenvalue weighted by atomic mass is 10.2. The fourth-order valence-corrected chi connectivity index (χ4v) is 4.07. The van der Waals surface area contributed by atoms with Crippen LogP contribution in [-0.4, -0.2) is 25.3 Å². The number of hydrogen-bond acceptors (Lipinski definition) is 5. The molecule has 0 unspecified atom stereocenters. The third-order valence-corrected chi connectivity index (χ3v) is 5.80. The minimum atomic E-state index is -0.431. The Balaban J connectivity index is 1.65. The second kappa shape index (κ2) is 13.4. The van der Waals surface area contributed by atoms with Crippen molar-refractivity contribution in [1.82, 2.24) is 5.43 Å². The van der Waals surface area contributed by atoms with Crippen LogP contribution in [0.1, 0.15) is 28.4 Å². The minimum absolute atomic E-state index is 0.153. The molecule has 0 radical (unpaired) electrons. The number of ether oxygens (including phenoxy) is 3. The average molecular weight is 568 g/mol. The smallest absolute Gasteiger partial charge is 0.271 e. The third-order valence-electron chi connectivity index (χ3n) is 4.65. The Bertz CT molecular complexity index is 1260. The highest BCUT2D eigenvalue weighted by Gasteiger charge is 2.13. The van der Waals surface area contributed by atoms with Gasteiger partial charge in [0.2, 0.25) is 0 Å². The topological polar surface area (TPSA) is 69.2 Å². The van der Waals surface area contributed by atoms with Gasteiger partial charge >= 0.3 is 0 Å². The lowest BCUT2D eigenvalue weighted by Gasteiger charge is -2.12. The zero-order valence-electron chi connectivity index (χ0n) is 19.2. The van der Waals surface area contributed by atoms with E-state index in [1.165, 1.54) is 6.21 Å². The van der Waals surface area contributed by atoms with Gasteiger partial charge in [0.15, 0.2) is 17.2 Å². The van der Waals surface area contributed by atoms with E-state index in [0.717, 1.165) is 5.56 Å². The van der Waals surface area contributed by atoms with Crippen molar-refractivity contribution in [2.45, 2.75) is 13.5 Å². The third kappa shape index (κ3) is 7.55. The number of nitrogens with one attached hydrogen (secondary N) is 1. The van der Waals surface area contributed by atoms with Gasteiger partial charge in [-0.3, -0.25) is 4.79 Å². The van der Waals surface area contributed by atoms with Gasteiger partial charge in [-0.05, 0) is 55.0 Å². The molecule has 1 N–H and O–H groups in total. The van der Waals surface area contributed by atoms with Crippen molar-refractivity contribution in [2.75, 3.05) is 13.2 Å². The maximum absolute atomic E-state index is 12.5. The Morgan fingerprint density at radius 1 is 0.944 bits per heavy atom. The van der Waals surface area contributed by atoms with Crippen LogP contribution >= 0.6 is 46.4 Å². The summed E-state index contributed by atoms with van der Waals surface area (Å²) in [6.07, 6.45) is 3.04. The average Bonchev–Trinajstić information content (AvgIpc) is 2.84. The van der Waals surface area contributed by atoms with Crippen LogP contribution < -0.4 is 19.6 Å². The van der Waals surface area contributed by atoms with E-state index in [1.807, 2.05) is 6.92 Å². The molecule has 0 bridgehead atoms. The molecule has 0 aromatic heterocycles. The second-order valence-electron chi connectivity index (χ2n) is 7.23. The van der Waals surface area contributed by atoms with Crippen molar-refractivity contribution in [3.8, 4) is 17.2 Å². The molecule has 6 nitrogen and oxygen atoms in total. The second-order valence-corrected chi connectivity index (χ2v) is 8.89. The maximum atomic E-state index is 12.5. The van der Waals surface area contributed by atoms with Crippen LogP contribution in [0.3, 0.4) is 0 Å². The van der Waals surface area contributed by atoms with E-state index in [-0.39, 0.29) is 16.7 Å². The van der Waals surface area contributed by atoms with Crippen LogP contribution in [0.15, 0.2) is 66.3 Å². The Labute approximate surface area is 229 Å². The number of hydrazone groups is 1. The molecular weight excluding hydrogens is 546 g/mol. The van der Waals surface area contributed by atoms with Crippen LogP contribution in [-0.2, 0) is 6.61 Å². The maximum Gasteiger partial charge on any atom is 0.271 e. The number of carbonyl (C=O) groups excluding carboxylic acids is 1. The van der Waals surface area contributed by atoms with Gasteiger partial charge < -0.3 is 14.2 Å². The molecule has 0 heterocycles. The Hall–Kier alpha value is -2.90. The summed E-state index contributed by atoms with van der Waals surface area (Å²) in [6.45, 7) is 6.35. The lowest BCUT2D eigenvalue weighted by Crippen LogP contribution is -2.17. The van der Waals surface area contributed by atoms with Crippen LogP contribution in [0.5, 0.6) is 17.2 Å². The lowest BCUT2D eigenvalue weighted by molar-refractivity contribution is 0.0954. The van der Waals surface area contributed by atoms with Gasteiger partial charge in [0.25, 0.3) is 5.91 Å². The van der Waals surface area contributed by atoms with E-state index >= 15 is 0 Å². The molecule has 3 rings (SSSR count). The Kier molecular flexibility index (Phi) is 10.3. The van der Waals surface area contributed by atoms with E-state index in [2.05, 4.69) is 17.1 Å². The van der Waals surface area contributed by atoms with Crippen LogP contribution in [0.4, 0.5) is 0 Å². The first kappa shape index (κ1) is 27.7. The summed E-state index contributed by atoms with van der Waals surface area (Å²) in [7, 11) is 0. The quantitative estimate of drug-likeness (QED) is 0.147. The monoisotopic (exact) mass is 566 g/mol. The van der Waals surface area contributed by atoms with Crippen LogP contribution in [0, 0.1) is 0 Å². The highest BCUT2D eigenvalue weighted by molar-refractivity contribution is 6.37. The fourth-order valence-electron chi connectivity index (χ4n) is 3.00. The van der Waals surface area contributed by atoms with E-state index in [1.54, 1.807) is 54.6 Å². The highest BCUT2D eigenvalue weighted by atomic mass is 35.5. The number of benzene rings is 3. The molecule has 3 aromatic carbocycles. The van der Waals surface area contributed by atoms with E-state index in [4.69, 9.17) is 60.6 Å². The fraction of sp³-hybridized carbons (Fsp3) is 0.154. The van der Waals surface area contributed by atoms with Crippen molar-refractivity contribution >= 4 is 58.5 Å². The number of rotatable bonds is 11. The molecule has 0 aliphatic carbocycles. The van der Waals surface area contributed by atoms with Gasteiger partial charge in [0, 0.05) is 21.2 Å². The van der Waals surface area contributed by atoms with Crippen LogP contribution in [0.2, 0.25) is 20.1 Å². The van der Waals surface area contributed by atoms with Crippen molar-refractivity contribution < 1.29 is 19.0 Å². The molecule has 3 aromatic rings. The van der Waals surface area contributed by atoms with Crippen molar-refractivity contribution in [2.24, 2.45) is 5.10 Å².